The van der Waals surface area contributed by atoms with E-state index in [4.69, 9.17) is 0 Å². The summed E-state index contributed by atoms with van der Waals surface area (Å²) in [6, 6.07) is 0. The zero-order valence-electron chi connectivity index (χ0n) is 5.88. The van der Waals surface area contributed by atoms with Crippen LogP contribution in [0.3, 0.4) is 0 Å². The van der Waals surface area contributed by atoms with Crippen LogP contribution < -0.4 is 5.32 Å². The van der Waals surface area contributed by atoms with Crippen molar-refractivity contribution in [3.05, 3.63) is 12.5 Å². The third-order valence-corrected chi connectivity index (χ3v) is 0.589. The molecule has 0 aliphatic heterocycles. The monoisotopic (exact) mass is 143 g/mol. The van der Waals surface area contributed by atoms with E-state index in [1.165, 1.54) is 20.0 Å². The number of hydrogen-bond acceptors (Lipinski definition) is 3. The molecule has 0 aromatic heterocycles. The Hall–Kier alpha value is -1.32. The first kappa shape index (κ1) is 8.68. The summed E-state index contributed by atoms with van der Waals surface area (Å²) in [7, 11) is 0. The summed E-state index contributed by atoms with van der Waals surface area (Å²) in [5.74, 6) is -0.620. The van der Waals surface area contributed by atoms with Crippen LogP contribution in [0.4, 0.5) is 0 Å². The maximum Gasteiger partial charge on any atom is 0.307 e. The molecule has 56 valence electrons. The molecule has 0 rings (SSSR count). The summed E-state index contributed by atoms with van der Waals surface area (Å²) < 4.78 is 4.36. The summed E-state index contributed by atoms with van der Waals surface area (Å²) in [5, 5.41) is 2.30. The number of carbonyl (C=O) groups excluding carboxylic acids is 2. The molecule has 0 radical (unpaired) electrons. The van der Waals surface area contributed by atoms with E-state index in [2.05, 4.69) is 10.1 Å². The van der Waals surface area contributed by atoms with Gasteiger partial charge in [-0.2, -0.15) is 0 Å². The number of ether oxygens (including phenoxy) is 1. The Labute approximate surface area is 58.9 Å². The minimum Gasteiger partial charge on any atom is -0.433 e. The van der Waals surface area contributed by atoms with E-state index in [1.54, 1.807) is 0 Å². The predicted octanol–water partition coefficient (Wildman–Crippen LogP) is 0.157. The predicted molar refractivity (Wildman–Crippen MR) is 34.7 cm³/mol. The van der Waals surface area contributed by atoms with E-state index >= 15 is 0 Å². The lowest BCUT2D eigenvalue weighted by Crippen LogP contribution is -2.11. The van der Waals surface area contributed by atoms with Crippen molar-refractivity contribution < 1.29 is 14.3 Å². The van der Waals surface area contributed by atoms with E-state index in [0.717, 1.165) is 6.26 Å². The Morgan fingerprint density at radius 2 is 2.00 bits per heavy atom. The fourth-order valence-corrected chi connectivity index (χ4v) is 0.281. The summed E-state index contributed by atoms with van der Waals surface area (Å²) in [4.78, 5) is 20.3. The van der Waals surface area contributed by atoms with Gasteiger partial charge < -0.3 is 10.1 Å². The van der Waals surface area contributed by atoms with Crippen LogP contribution in [0, 0.1) is 0 Å². The lowest BCUT2D eigenvalue weighted by Gasteiger charge is -1.91. The van der Waals surface area contributed by atoms with Crippen molar-refractivity contribution >= 4 is 11.9 Å². The van der Waals surface area contributed by atoms with E-state index in [0.29, 0.717) is 0 Å². The Bertz CT molecular complexity index is 144. The highest BCUT2D eigenvalue weighted by molar-refractivity contribution is 5.73. The van der Waals surface area contributed by atoms with Crippen LogP contribution in [0.25, 0.3) is 0 Å². The molecule has 0 aliphatic rings. The number of rotatable bonds is 2. The van der Waals surface area contributed by atoms with E-state index in [-0.39, 0.29) is 5.91 Å². The van der Waals surface area contributed by atoms with Crippen LogP contribution in [-0.2, 0) is 14.3 Å². The van der Waals surface area contributed by atoms with Crippen molar-refractivity contribution in [2.45, 2.75) is 13.8 Å². The zero-order valence-corrected chi connectivity index (χ0v) is 5.88. The average Bonchev–Trinajstić information content (AvgIpc) is 1.79. The highest BCUT2D eigenvalue weighted by Gasteiger charge is 1.85. The lowest BCUT2D eigenvalue weighted by atomic mass is 10.7. The quantitative estimate of drug-likeness (QED) is 0.442. The highest BCUT2D eigenvalue weighted by Crippen LogP contribution is 1.75. The van der Waals surface area contributed by atoms with Gasteiger partial charge in [0.05, 0.1) is 0 Å². The Morgan fingerprint density at radius 1 is 1.40 bits per heavy atom. The molecule has 0 aromatic rings. The van der Waals surface area contributed by atoms with Gasteiger partial charge in [0.1, 0.15) is 6.26 Å². The average molecular weight is 143 g/mol. The third-order valence-electron chi connectivity index (χ3n) is 0.589. The molecule has 4 nitrogen and oxygen atoms in total. The van der Waals surface area contributed by atoms with Crippen molar-refractivity contribution in [1.82, 2.24) is 5.32 Å². The number of amides is 1. The molecule has 0 bridgehead atoms. The van der Waals surface area contributed by atoms with Gasteiger partial charge in [-0.1, -0.05) is 0 Å². The SMILES string of the molecule is CC(=O)NC=COC(C)=O. The summed E-state index contributed by atoms with van der Waals surface area (Å²) in [5.41, 5.74) is 0. The fourth-order valence-electron chi connectivity index (χ4n) is 0.281. The normalized spacial score (nSPS) is 9.40. The molecule has 10 heavy (non-hydrogen) atoms. The summed E-state index contributed by atoms with van der Waals surface area (Å²) in [6.45, 7) is 2.64. The third kappa shape index (κ3) is 6.68. The van der Waals surface area contributed by atoms with Gasteiger partial charge in [0.25, 0.3) is 0 Å². The van der Waals surface area contributed by atoms with Crippen LogP contribution >= 0.6 is 0 Å². The Kier molecular flexibility index (Phi) is 3.95. The van der Waals surface area contributed by atoms with E-state index in [1.807, 2.05) is 0 Å². The highest BCUT2D eigenvalue weighted by atomic mass is 16.5. The molecule has 0 saturated carbocycles. The molecular weight excluding hydrogens is 134 g/mol. The first-order valence-electron chi connectivity index (χ1n) is 2.72. The number of nitrogens with one attached hydrogen (secondary N) is 1. The molecule has 0 heterocycles. The van der Waals surface area contributed by atoms with Crippen LogP contribution in [0.1, 0.15) is 13.8 Å². The second-order valence-electron chi connectivity index (χ2n) is 1.61. The summed E-state index contributed by atoms with van der Waals surface area (Å²) in [6.07, 6.45) is 2.37. The maximum atomic E-state index is 10.2. The van der Waals surface area contributed by atoms with Crippen molar-refractivity contribution in [2.75, 3.05) is 0 Å². The second-order valence-corrected chi connectivity index (χ2v) is 1.61. The van der Waals surface area contributed by atoms with E-state index in [9.17, 15) is 9.59 Å². The van der Waals surface area contributed by atoms with Gasteiger partial charge in [-0.3, -0.25) is 9.59 Å². The molecule has 0 saturated heterocycles. The van der Waals surface area contributed by atoms with Gasteiger partial charge in [-0.25, -0.2) is 0 Å². The largest absolute Gasteiger partial charge is 0.433 e. The van der Waals surface area contributed by atoms with Gasteiger partial charge in [0.15, 0.2) is 0 Å². The van der Waals surface area contributed by atoms with Gasteiger partial charge >= 0.3 is 5.97 Å². The van der Waals surface area contributed by atoms with Gasteiger partial charge in [0, 0.05) is 20.0 Å². The molecule has 0 spiro atoms. The molecule has 0 atom stereocenters. The number of hydrogen-bond donors (Lipinski definition) is 1. The van der Waals surface area contributed by atoms with Crippen molar-refractivity contribution in [3.8, 4) is 0 Å². The van der Waals surface area contributed by atoms with Crippen molar-refractivity contribution in [2.24, 2.45) is 0 Å². The molecule has 0 aromatic carbocycles. The van der Waals surface area contributed by atoms with Crippen molar-refractivity contribution in [1.29, 1.82) is 0 Å². The Morgan fingerprint density at radius 3 is 2.40 bits per heavy atom. The lowest BCUT2D eigenvalue weighted by molar-refractivity contribution is -0.135. The molecule has 0 fully saturated rings. The number of carbonyl (C=O) groups is 2. The first-order chi connectivity index (χ1) is 4.63. The smallest absolute Gasteiger partial charge is 0.307 e. The van der Waals surface area contributed by atoms with Crippen LogP contribution in [0.5, 0.6) is 0 Å². The van der Waals surface area contributed by atoms with Gasteiger partial charge in [-0.15, -0.1) is 0 Å². The van der Waals surface area contributed by atoms with Crippen LogP contribution in [-0.4, -0.2) is 11.9 Å². The zero-order chi connectivity index (χ0) is 7.98. The van der Waals surface area contributed by atoms with Crippen LogP contribution in [0.2, 0.25) is 0 Å². The number of esters is 1. The van der Waals surface area contributed by atoms with Gasteiger partial charge in [0.2, 0.25) is 5.91 Å². The standard InChI is InChI=1S/C6H9NO3/c1-5(8)7-3-4-10-6(2)9/h3-4H,1-2H3,(H,7,8). The first-order valence-corrected chi connectivity index (χ1v) is 2.72. The minimum absolute atomic E-state index is 0.205. The van der Waals surface area contributed by atoms with Crippen LogP contribution in [0.15, 0.2) is 12.5 Å². The molecule has 1 amide bonds. The molecular formula is C6H9NO3. The Balaban J connectivity index is 3.38. The molecule has 4 heteroatoms. The van der Waals surface area contributed by atoms with Gasteiger partial charge in [-0.05, 0) is 0 Å². The molecule has 1 N–H and O–H groups in total. The molecule has 0 aliphatic carbocycles. The maximum absolute atomic E-state index is 10.2. The summed E-state index contributed by atoms with van der Waals surface area (Å²) >= 11 is 0. The second kappa shape index (κ2) is 4.55. The van der Waals surface area contributed by atoms with E-state index < -0.39 is 5.97 Å². The fraction of sp³-hybridized carbons (Fsp3) is 0.333. The van der Waals surface area contributed by atoms with Crippen molar-refractivity contribution in [3.63, 3.8) is 0 Å². The minimum atomic E-state index is -0.415. The molecule has 0 unspecified atom stereocenters. The topological polar surface area (TPSA) is 55.4 Å².